The van der Waals surface area contributed by atoms with E-state index in [1.807, 2.05) is 20.8 Å². The minimum Gasteiger partial charge on any atom is -0.361 e. The van der Waals surface area contributed by atoms with E-state index in [0.717, 1.165) is 37.4 Å². The highest BCUT2D eigenvalue weighted by molar-refractivity contribution is 5.76. The lowest BCUT2D eigenvalue weighted by Gasteiger charge is -2.32. The fraction of sp³-hybridized carbons (Fsp3) is 0.789. The molecule has 5 nitrogen and oxygen atoms in total. The van der Waals surface area contributed by atoms with Gasteiger partial charge in [-0.3, -0.25) is 4.79 Å². The van der Waals surface area contributed by atoms with Crippen LogP contribution in [0.2, 0.25) is 0 Å². The molecule has 0 aliphatic carbocycles. The van der Waals surface area contributed by atoms with E-state index >= 15 is 0 Å². The molecule has 2 atom stereocenters. The molecule has 1 saturated heterocycles. The van der Waals surface area contributed by atoms with Gasteiger partial charge in [0.2, 0.25) is 5.91 Å². The molecule has 5 heteroatoms. The molecule has 2 rings (SSSR count). The highest BCUT2D eigenvalue weighted by atomic mass is 16.5. The molecule has 1 aliphatic heterocycles. The summed E-state index contributed by atoms with van der Waals surface area (Å²) < 4.78 is 5.50. The number of piperidine rings is 1. The van der Waals surface area contributed by atoms with E-state index < -0.39 is 0 Å². The Labute approximate surface area is 145 Å². The fourth-order valence-electron chi connectivity index (χ4n) is 3.22. The predicted molar refractivity (Wildman–Crippen MR) is 95.9 cm³/mol. The lowest BCUT2D eigenvalue weighted by atomic mass is 9.80. The first-order valence-electron chi connectivity index (χ1n) is 9.02. The maximum Gasteiger partial charge on any atom is 0.220 e. The van der Waals surface area contributed by atoms with Crippen molar-refractivity contribution in [2.75, 3.05) is 13.1 Å². The second-order valence-electron chi connectivity index (χ2n) is 9.15. The van der Waals surface area contributed by atoms with Crippen LogP contribution in [0.5, 0.6) is 0 Å². The van der Waals surface area contributed by atoms with Crippen LogP contribution in [-0.2, 0) is 16.6 Å². The van der Waals surface area contributed by atoms with Crippen LogP contribution in [0, 0.1) is 11.8 Å². The Balaban J connectivity index is 1.99. The molecule has 2 N–H and O–H groups in total. The van der Waals surface area contributed by atoms with Crippen molar-refractivity contribution in [2.24, 2.45) is 11.8 Å². The van der Waals surface area contributed by atoms with Gasteiger partial charge in [0.15, 0.2) is 0 Å². The van der Waals surface area contributed by atoms with Crippen molar-refractivity contribution >= 4 is 5.91 Å². The monoisotopic (exact) mass is 335 g/mol. The average Bonchev–Trinajstić information content (AvgIpc) is 2.87. The van der Waals surface area contributed by atoms with Crippen LogP contribution in [-0.4, -0.2) is 29.7 Å². The maximum absolute atomic E-state index is 12.3. The Morgan fingerprint density at radius 1 is 1.29 bits per heavy atom. The molecular formula is C19H33N3O2. The van der Waals surface area contributed by atoms with Gasteiger partial charge in [-0.15, -0.1) is 0 Å². The lowest BCUT2D eigenvalue weighted by molar-refractivity contribution is -0.124. The van der Waals surface area contributed by atoms with E-state index in [-0.39, 0.29) is 16.9 Å². The van der Waals surface area contributed by atoms with Crippen LogP contribution in [0.15, 0.2) is 10.6 Å². The Morgan fingerprint density at radius 3 is 2.58 bits per heavy atom. The van der Waals surface area contributed by atoms with E-state index in [4.69, 9.17) is 4.52 Å². The van der Waals surface area contributed by atoms with Gasteiger partial charge in [-0.25, -0.2) is 0 Å². The van der Waals surface area contributed by atoms with E-state index in [9.17, 15) is 4.79 Å². The minimum absolute atomic E-state index is 0.0257. The van der Waals surface area contributed by atoms with Crippen molar-refractivity contribution in [2.45, 2.75) is 71.8 Å². The first-order chi connectivity index (χ1) is 11.0. The lowest BCUT2D eigenvalue weighted by Crippen LogP contribution is -2.44. The molecule has 1 aromatic rings. The highest BCUT2D eigenvalue weighted by Crippen LogP contribution is 2.28. The van der Waals surface area contributed by atoms with E-state index in [1.54, 1.807) is 0 Å². The maximum atomic E-state index is 12.3. The molecule has 1 aromatic heterocycles. The van der Waals surface area contributed by atoms with E-state index in [0.29, 0.717) is 18.3 Å². The number of rotatable bonds is 4. The van der Waals surface area contributed by atoms with Gasteiger partial charge in [0.25, 0.3) is 0 Å². The number of carbonyl (C=O) groups is 1. The van der Waals surface area contributed by atoms with Gasteiger partial charge in [-0.1, -0.05) is 25.9 Å². The van der Waals surface area contributed by atoms with Crippen molar-refractivity contribution in [3.8, 4) is 0 Å². The summed E-state index contributed by atoms with van der Waals surface area (Å²) >= 11 is 0. The first kappa shape index (κ1) is 19.0. The summed E-state index contributed by atoms with van der Waals surface area (Å²) in [6.45, 7) is 14.4. The van der Waals surface area contributed by atoms with Gasteiger partial charge in [-0.2, -0.15) is 0 Å². The Bertz CT molecular complexity index is 552. The molecule has 0 saturated carbocycles. The summed E-state index contributed by atoms with van der Waals surface area (Å²) in [4.78, 5) is 12.3. The van der Waals surface area contributed by atoms with Crippen molar-refractivity contribution in [3.05, 3.63) is 17.5 Å². The number of hydrogen-bond donors (Lipinski definition) is 2. The van der Waals surface area contributed by atoms with Gasteiger partial charge in [0, 0.05) is 23.4 Å². The summed E-state index contributed by atoms with van der Waals surface area (Å²) in [5.41, 5.74) is 0.796. The smallest absolute Gasteiger partial charge is 0.220 e. The minimum atomic E-state index is -0.173. The predicted octanol–water partition coefficient (Wildman–Crippen LogP) is 3.05. The Hall–Kier alpha value is -1.36. The summed E-state index contributed by atoms with van der Waals surface area (Å²) in [5, 5.41) is 10.8. The number of nitrogens with zero attached hydrogens (tertiary/aromatic N) is 1. The van der Waals surface area contributed by atoms with Crippen LogP contribution in [0.1, 0.15) is 65.8 Å². The van der Waals surface area contributed by atoms with Gasteiger partial charge in [-0.05, 0) is 58.5 Å². The fourth-order valence-corrected chi connectivity index (χ4v) is 3.22. The van der Waals surface area contributed by atoms with Crippen LogP contribution in [0.25, 0.3) is 0 Å². The zero-order chi connectivity index (χ0) is 18.0. The number of amides is 1. The summed E-state index contributed by atoms with van der Waals surface area (Å²) in [6, 6.07) is 2.07. The Morgan fingerprint density at radius 2 is 2.00 bits per heavy atom. The molecule has 0 spiro atoms. The van der Waals surface area contributed by atoms with E-state index in [2.05, 4.69) is 42.6 Å². The third kappa shape index (κ3) is 5.62. The topological polar surface area (TPSA) is 67.2 Å². The highest BCUT2D eigenvalue weighted by Gasteiger charge is 2.29. The van der Waals surface area contributed by atoms with Crippen molar-refractivity contribution in [3.63, 3.8) is 0 Å². The molecule has 1 amide bonds. The number of nitrogens with one attached hydrogen (secondary N) is 2. The zero-order valence-electron chi connectivity index (χ0n) is 16.0. The van der Waals surface area contributed by atoms with Gasteiger partial charge in [0.05, 0.1) is 5.69 Å². The molecule has 1 fully saturated rings. The second-order valence-corrected chi connectivity index (χ2v) is 9.15. The Kier molecular flexibility index (Phi) is 5.74. The summed E-state index contributed by atoms with van der Waals surface area (Å²) in [7, 11) is 0. The molecule has 1 aliphatic rings. The molecule has 0 radical (unpaired) electrons. The van der Waals surface area contributed by atoms with E-state index in [1.165, 1.54) is 0 Å². The number of hydrogen-bond acceptors (Lipinski definition) is 4. The third-order valence-corrected chi connectivity index (χ3v) is 4.50. The van der Waals surface area contributed by atoms with Crippen LogP contribution >= 0.6 is 0 Å². The van der Waals surface area contributed by atoms with Gasteiger partial charge < -0.3 is 15.2 Å². The number of carbonyl (C=O) groups excluding carboxylic acids is 1. The number of aromatic nitrogens is 1. The third-order valence-electron chi connectivity index (χ3n) is 4.50. The SMILES string of the molecule is CC(C)(C)NC(=O)C[C@@H]1CCNC[C@@H]1Cc1cc(C(C)(C)C)on1. The zero-order valence-corrected chi connectivity index (χ0v) is 16.0. The molecular weight excluding hydrogens is 302 g/mol. The average molecular weight is 335 g/mol. The van der Waals surface area contributed by atoms with Crippen molar-refractivity contribution in [1.82, 2.24) is 15.8 Å². The molecule has 0 bridgehead atoms. The van der Waals surface area contributed by atoms with Crippen LogP contribution in [0.3, 0.4) is 0 Å². The van der Waals surface area contributed by atoms with Gasteiger partial charge in [0.1, 0.15) is 5.76 Å². The molecule has 2 heterocycles. The molecule has 0 aromatic carbocycles. The summed E-state index contributed by atoms with van der Waals surface area (Å²) in [6.07, 6.45) is 2.49. The molecule has 0 unspecified atom stereocenters. The largest absolute Gasteiger partial charge is 0.361 e. The van der Waals surface area contributed by atoms with Crippen molar-refractivity contribution in [1.29, 1.82) is 0 Å². The van der Waals surface area contributed by atoms with Crippen LogP contribution < -0.4 is 10.6 Å². The van der Waals surface area contributed by atoms with Crippen LogP contribution in [0.4, 0.5) is 0 Å². The van der Waals surface area contributed by atoms with Gasteiger partial charge >= 0.3 is 0 Å². The summed E-state index contributed by atoms with van der Waals surface area (Å²) in [5.74, 6) is 1.88. The first-order valence-corrected chi connectivity index (χ1v) is 9.02. The molecule has 24 heavy (non-hydrogen) atoms. The quantitative estimate of drug-likeness (QED) is 0.887. The second kappa shape index (κ2) is 7.26. The molecule has 136 valence electrons. The van der Waals surface area contributed by atoms with Crippen molar-refractivity contribution < 1.29 is 9.32 Å². The standard InChI is InChI=1S/C19H33N3O2/c1-18(2,3)16-11-15(22-24-16)9-14-12-20-8-7-13(14)10-17(23)21-19(4,5)6/h11,13-14,20H,7-10,12H2,1-6H3,(H,21,23)/t13-,14-/m0/s1. The normalized spacial score (nSPS) is 22.4.